The summed E-state index contributed by atoms with van der Waals surface area (Å²) >= 11 is 5.86. The Labute approximate surface area is 117 Å². The number of aromatic nitrogens is 2. The average Bonchev–Trinajstić information content (AvgIpc) is 2.41. The zero-order valence-electron chi connectivity index (χ0n) is 10.1. The number of amides is 1. The molecule has 1 aromatic heterocycles. The van der Waals surface area contributed by atoms with E-state index in [0.29, 0.717) is 10.8 Å². The summed E-state index contributed by atoms with van der Waals surface area (Å²) in [5.41, 5.74) is -1.42. The third-order valence-corrected chi connectivity index (χ3v) is 2.60. The van der Waals surface area contributed by atoms with Crippen LogP contribution in [0.25, 0.3) is 0 Å². The predicted molar refractivity (Wildman–Crippen MR) is 73.3 cm³/mol. The maximum atomic E-state index is 11.6. The molecule has 0 unspecified atom stereocenters. The van der Waals surface area contributed by atoms with Crippen LogP contribution in [0.5, 0.6) is 5.75 Å². The molecule has 2 rings (SSSR count). The van der Waals surface area contributed by atoms with Gasteiger partial charge in [0, 0.05) is 6.20 Å². The molecule has 2 aromatic rings. The monoisotopic (exact) mass is 295 g/mol. The second kappa shape index (κ2) is 6.07. The fourth-order valence-corrected chi connectivity index (χ4v) is 1.58. The van der Waals surface area contributed by atoms with Crippen LogP contribution in [0.2, 0.25) is 5.02 Å². The van der Waals surface area contributed by atoms with E-state index in [4.69, 9.17) is 16.3 Å². The van der Waals surface area contributed by atoms with E-state index in [1.54, 1.807) is 24.3 Å². The van der Waals surface area contributed by atoms with Crippen LogP contribution in [0.1, 0.15) is 0 Å². The van der Waals surface area contributed by atoms with Crippen LogP contribution < -0.4 is 21.3 Å². The molecule has 104 valence electrons. The number of hydrogen-bond acceptors (Lipinski definition) is 4. The summed E-state index contributed by atoms with van der Waals surface area (Å²) in [6, 6.07) is 6.69. The largest absolute Gasteiger partial charge is 0.482 e. The maximum Gasteiger partial charge on any atom is 0.325 e. The molecule has 0 atom stereocenters. The number of benzene rings is 1. The summed E-state index contributed by atoms with van der Waals surface area (Å²) in [7, 11) is 0. The Balaban J connectivity index is 1.98. The highest BCUT2D eigenvalue weighted by atomic mass is 35.5. The van der Waals surface area contributed by atoms with Crippen LogP contribution in [0.3, 0.4) is 0 Å². The van der Waals surface area contributed by atoms with E-state index in [9.17, 15) is 14.4 Å². The molecule has 20 heavy (non-hydrogen) atoms. The number of nitrogens with one attached hydrogen (secondary N) is 3. The molecule has 0 saturated carbocycles. The van der Waals surface area contributed by atoms with Gasteiger partial charge in [0.1, 0.15) is 11.4 Å². The van der Waals surface area contributed by atoms with Crippen molar-refractivity contribution in [3.8, 4) is 5.75 Å². The Hall–Kier alpha value is -2.54. The number of aromatic amines is 2. The van der Waals surface area contributed by atoms with Gasteiger partial charge in [0.15, 0.2) is 6.61 Å². The number of halogens is 1. The summed E-state index contributed by atoms with van der Waals surface area (Å²) in [4.78, 5) is 38.0. The van der Waals surface area contributed by atoms with E-state index < -0.39 is 17.2 Å². The zero-order valence-corrected chi connectivity index (χ0v) is 10.9. The molecule has 0 fully saturated rings. The van der Waals surface area contributed by atoms with Crippen molar-refractivity contribution in [2.24, 2.45) is 0 Å². The van der Waals surface area contributed by atoms with Crippen LogP contribution in [0.15, 0.2) is 40.1 Å². The Kier molecular flexibility index (Phi) is 4.21. The molecule has 0 spiro atoms. The van der Waals surface area contributed by atoms with Gasteiger partial charge in [-0.3, -0.25) is 14.6 Å². The summed E-state index contributed by atoms with van der Waals surface area (Å²) in [5, 5.41) is 2.68. The summed E-state index contributed by atoms with van der Waals surface area (Å²) in [5.74, 6) is -0.192. The van der Waals surface area contributed by atoms with Gasteiger partial charge in [0.05, 0.1) is 5.02 Å². The lowest BCUT2D eigenvalue weighted by Crippen LogP contribution is -2.28. The van der Waals surface area contributed by atoms with E-state index in [-0.39, 0.29) is 12.3 Å². The number of H-pyrrole nitrogens is 2. The highest BCUT2D eigenvalue weighted by Crippen LogP contribution is 2.22. The minimum Gasteiger partial charge on any atom is -0.482 e. The molecule has 1 amide bonds. The van der Waals surface area contributed by atoms with E-state index in [2.05, 4.69) is 10.3 Å². The molecule has 0 aliphatic rings. The number of rotatable bonds is 4. The fourth-order valence-electron chi connectivity index (χ4n) is 1.39. The standard InChI is InChI=1S/C12H10ClN3O4/c13-7-3-1-2-4-9(7)20-6-10(17)15-8-5-14-12(19)16-11(8)18/h1-5H,6H2,(H,15,17)(H2,14,16,18,19). The number of ether oxygens (including phenoxy) is 1. The van der Waals surface area contributed by atoms with Gasteiger partial charge in [-0.05, 0) is 12.1 Å². The molecule has 0 aliphatic heterocycles. The molecule has 3 N–H and O–H groups in total. The summed E-state index contributed by atoms with van der Waals surface area (Å²) < 4.78 is 5.21. The molecular formula is C12H10ClN3O4. The molecule has 1 aromatic carbocycles. The lowest BCUT2D eigenvalue weighted by Gasteiger charge is -2.07. The van der Waals surface area contributed by atoms with Crippen molar-refractivity contribution in [1.29, 1.82) is 0 Å². The van der Waals surface area contributed by atoms with E-state index >= 15 is 0 Å². The first-order chi connectivity index (χ1) is 9.56. The second-order valence-electron chi connectivity index (χ2n) is 3.75. The quantitative estimate of drug-likeness (QED) is 0.773. The van der Waals surface area contributed by atoms with Gasteiger partial charge in [-0.25, -0.2) is 4.79 Å². The lowest BCUT2D eigenvalue weighted by atomic mass is 10.3. The highest BCUT2D eigenvalue weighted by molar-refractivity contribution is 6.32. The van der Waals surface area contributed by atoms with Crippen LogP contribution in [-0.2, 0) is 4.79 Å². The first-order valence-electron chi connectivity index (χ1n) is 5.55. The molecule has 0 radical (unpaired) electrons. The van der Waals surface area contributed by atoms with Gasteiger partial charge >= 0.3 is 5.69 Å². The maximum absolute atomic E-state index is 11.6. The Morgan fingerprint density at radius 3 is 2.75 bits per heavy atom. The zero-order chi connectivity index (χ0) is 14.5. The normalized spacial score (nSPS) is 10.1. The first-order valence-corrected chi connectivity index (χ1v) is 5.93. The smallest absolute Gasteiger partial charge is 0.325 e. The van der Waals surface area contributed by atoms with Crippen molar-refractivity contribution in [3.05, 3.63) is 56.3 Å². The third kappa shape index (κ3) is 3.48. The Bertz CT molecular complexity index is 738. The summed E-state index contributed by atoms with van der Waals surface area (Å²) in [6.07, 6.45) is 1.11. The van der Waals surface area contributed by atoms with Crippen LogP contribution in [-0.4, -0.2) is 22.5 Å². The average molecular weight is 296 g/mol. The highest BCUT2D eigenvalue weighted by Gasteiger charge is 2.08. The van der Waals surface area contributed by atoms with Crippen molar-refractivity contribution in [1.82, 2.24) is 9.97 Å². The van der Waals surface area contributed by atoms with E-state index in [0.717, 1.165) is 6.20 Å². The fraction of sp³-hybridized carbons (Fsp3) is 0.0833. The molecule has 0 saturated heterocycles. The molecule has 0 aliphatic carbocycles. The Morgan fingerprint density at radius 1 is 1.30 bits per heavy atom. The first kappa shape index (κ1) is 13.9. The van der Waals surface area contributed by atoms with Gasteiger partial charge in [0.25, 0.3) is 11.5 Å². The van der Waals surface area contributed by atoms with Crippen LogP contribution >= 0.6 is 11.6 Å². The molecule has 0 bridgehead atoms. The number of carbonyl (C=O) groups is 1. The SMILES string of the molecule is O=C(COc1ccccc1Cl)Nc1c[nH]c(=O)[nH]c1=O. The van der Waals surface area contributed by atoms with Gasteiger partial charge < -0.3 is 15.0 Å². The van der Waals surface area contributed by atoms with Gasteiger partial charge in [0.2, 0.25) is 0 Å². The summed E-state index contributed by atoms with van der Waals surface area (Å²) in [6.45, 7) is -0.317. The lowest BCUT2D eigenvalue weighted by molar-refractivity contribution is -0.118. The van der Waals surface area contributed by atoms with Gasteiger partial charge in [-0.15, -0.1) is 0 Å². The van der Waals surface area contributed by atoms with Crippen molar-refractivity contribution >= 4 is 23.2 Å². The Morgan fingerprint density at radius 2 is 2.05 bits per heavy atom. The predicted octanol–water partition coefficient (Wildman–Crippen LogP) is 0.734. The van der Waals surface area contributed by atoms with Crippen molar-refractivity contribution in [3.63, 3.8) is 0 Å². The molecule has 1 heterocycles. The van der Waals surface area contributed by atoms with E-state index in [1.165, 1.54) is 0 Å². The van der Waals surface area contributed by atoms with Gasteiger partial charge in [-0.2, -0.15) is 0 Å². The topological polar surface area (TPSA) is 104 Å². The number of anilines is 1. The molecular weight excluding hydrogens is 286 g/mol. The van der Waals surface area contributed by atoms with Crippen molar-refractivity contribution in [2.75, 3.05) is 11.9 Å². The molecule has 8 heteroatoms. The van der Waals surface area contributed by atoms with Crippen molar-refractivity contribution in [2.45, 2.75) is 0 Å². The van der Waals surface area contributed by atoms with Crippen LogP contribution in [0.4, 0.5) is 5.69 Å². The minimum atomic E-state index is -0.695. The van der Waals surface area contributed by atoms with Gasteiger partial charge in [-0.1, -0.05) is 23.7 Å². The van der Waals surface area contributed by atoms with E-state index in [1.807, 2.05) is 4.98 Å². The third-order valence-electron chi connectivity index (χ3n) is 2.29. The van der Waals surface area contributed by atoms with Crippen LogP contribution in [0, 0.1) is 0 Å². The number of carbonyl (C=O) groups excluding carboxylic acids is 1. The second-order valence-corrected chi connectivity index (χ2v) is 4.16. The molecule has 7 nitrogen and oxygen atoms in total. The van der Waals surface area contributed by atoms with Crippen molar-refractivity contribution < 1.29 is 9.53 Å². The number of para-hydroxylation sites is 1. The number of hydrogen-bond donors (Lipinski definition) is 3. The minimum absolute atomic E-state index is 0.0719.